The summed E-state index contributed by atoms with van der Waals surface area (Å²) in [5.41, 5.74) is 8.51. The van der Waals surface area contributed by atoms with Crippen LogP contribution in [0.3, 0.4) is 0 Å². The lowest BCUT2D eigenvalue weighted by molar-refractivity contribution is -0.160. The van der Waals surface area contributed by atoms with Crippen molar-refractivity contribution in [2.75, 3.05) is 6.61 Å². The lowest BCUT2D eigenvalue weighted by atomic mass is 9.86. The molecule has 0 spiro atoms. The van der Waals surface area contributed by atoms with Crippen LogP contribution in [0.5, 0.6) is 0 Å². The van der Waals surface area contributed by atoms with Gasteiger partial charge in [-0.05, 0) is 50.5 Å². The fraction of sp³-hybridized carbons (Fsp3) is 0.667. The Kier molecular flexibility index (Phi) is 7.45. The molecule has 0 aromatic heterocycles. The second-order valence-electron chi connectivity index (χ2n) is 7.82. The molecule has 1 aliphatic heterocycles. The number of cyclic esters (lactones) is 1. The van der Waals surface area contributed by atoms with Crippen LogP contribution in [0.15, 0.2) is 24.3 Å². The smallest absolute Gasteiger partial charge is 0.323 e. The van der Waals surface area contributed by atoms with Crippen molar-refractivity contribution in [1.29, 1.82) is 0 Å². The van der Waals surface area contributed by atoms with Crippen molar-refractivity contribution in [3.05, 3.63) is 35.4 Å². The monoisotopic (exact) mass is 347 g/mol. The molecule has 4 atom stereocenters. The van der Waals surface area contributed by atoms with E-state index in [2.05, 4.69) is 45.0 Å². The summed E-state index contributed by atoms with van der Waals surface area (Å²) in [5.74, 6) is 0.453. The molecule has 140 valence electrons. The topological polar surface area (TPSA) is 61.6 Å². The summed E-state index contributed by atoms with van der Waals surface area (Å²) in [4.78, 5) is 12.1. The summed E-state index contributed by atoms with van der Waals surface area (Å²) in [6.07, 6.45) is 3.13. The number of benzene rings is 1. The fourth-order valence-corrected chi connectivity index (χ4v) is 3.42. The van der Waals surface area contributed by atoms with Gasteiger partial charge >= 0.3 is 5.97 Å². The highest BCUT2D eigenvalue weighted by Crippen LogP contribution is 2.27. The normalized spacial score (nSPS) is 28.2. The molecule has 1 saturated heterocycles. The average Bonchev–Trinajstić information content (AvgIpc) is 2.59. The summed E-state index contributed by atoms with van der Waals surface area (Å²) in [7, 11) is 0. The SMILES string of the molecule is Cc1ccc(C[C@H]2CCC[C@H](N)C(=O)O[C@@H](C)[C@@H]2OCC(C)C)cc1. The highest BCUT2D eigenvalue weighted by molar-refractivity contribution is 5.75. The molecule has 2 rings (SSSR count). The number of rotatable bonds is 5. The van der Waals surface area contributed by atoms with E-state index in [9.17, 15) is 4.79 Å². The van der Waals surface area contributed by atoms with E-state index in [0.717, 1.165) is 19.3 Å². The van der Waals surface area contributed by atoms with E-state index in [1.54, 1.807) is 0 Å². The molecular formula is C21H33NO3. The Balaban J connectivity index is 2.18. The highest BCUT2D eigenvalue weighted by Gasteiger charge is 2.33. The third kappa shape index (κ3) is 6.12. The summed E-state index contributed by atoms with van der Waals surface area (Å²) in [6.45, 7) is 8.97. The van der Waals surface area contributed by atoms with E-state index >= 15 is 0 Å². The molecule has 0 radical (unpaired) electrons. The number of hydrogen-bond donors (Lipinski definition) is 1. The molecule has 4 heteroatoms. The van der Waals surface area contributed by atoms with Gasteiger partial charge in [0, 0.05) is 6.61 Å². The number of carbonyl (C=O) groups is 1. The summed E-state index contributed by atoms with van der Waals surface area (Å²) >= 11 is 0. The molecule has 0 saturated carbocycles. The maximum Gasteiger partial charge on any atom is 0.323 e. The Morgan fingerprint density at radius 2 is 1.92 bits per heavy atom. The van der Waals surface area contributed by atoms with Crippen LogP contribution < -0.4 is 5.73 Å². The molecule has 1 aromatic rings. The molecule has 0 unspecified atom stereocenters. The first-order chi connectivity index (χ1) is 11.9. The van der Waals surface area contributed by atoms with Crippen LogP contribution in [-0.4, -0.2) is 30.8 Å². The van der Waals surface area contributed by atoms with Crippen LogP contribution >= 0.6 is 0 Å². The predicted octanol–water partition coefficient (Wildman–Crippen LogP) is 3.64. The van der Waals surface area contributed by atoms with Gasteiger partial charge in [0.2, 0.25) is 0 Å². The van der Waals surface area contributed by atoms with Crippen molar-refractivity contribution in [2.24, 2.45) is 17.6 Å². The van der Waals surface area contributed by atoms with E-state index in [1.165, 1.54) is 11.1 Å². The van der Waals surface area contributed by atoms with Gasteiger partial charge in [-0.2, -0.15) is 0 Å². The third-order valence-electron chi connectivity index (χ3n) is 4.86. The molecule has 1 aliphatic rings. The Hall–Kier alpha value is -1.39. The first-order valence-corrected chi connectivity index (χ1v) is 9.50. The predicted molar refractivity (Wildman–Crippen MR) is 100 cm³/mol. The summed E-state index contributed by atoms with van der Waals surface area (Å²) in [5, 5.41) is 0. The second kappa shape index (κ2) is 9.35. The minimum atomic E-state index is -0.522. The molecule has 1 aromatic carbocycles. The van der Waals surface area contributed by atoms with E-state index in [0.29, 0.717) is 24.9 Å². The fourth-order valence-electron chi connectivity index (χ4n) is 3.42. The Labute approximate surface area is 152 Å². The minimum absolute atomic E-state index is 0.0991. The number of esters is 1. The van der Waals surface area contributed by atoms with Crippen molar-refractivity contribution in [3.63, 3.8) is 0 Å². The molecule has 25 heavy (non-hydrogen) atoms. The summed E-state index contributed by atoms with van der Waals surface area (Å²) in [6, 6.07) is 8.14. The second-order valence-corrected chi connectivity index (χ2v) is 7.82. The molecule has 1 fully saturated rings. The first-order valence-electron chi connectivity index (χ1n) is 9.50. The first kappa shape index (κ1) is 19.9. The maximum absolute atomic E-state index is 12.1. The zero-order chi connectivity index (χ0) is 18.4. The van der Waals surface area contributed by atoms with E-state index in [-0.39, 0.29) is 18.2 Å². The van der Waals surface area contributed by atoms with Crippen molar-refractivity contribution in [1.82, 2.24) is 0 Å². The molecule has 0 aliphatic carbocycles. The van der Waals surface area contributed by atoms with Crippen LogP contribution in [0.4, 0.5) is 0 Å². The van der Waals surface area contributed by atoms with Gasteiger partial charge in [0.25, 0.3) is 0 Å². The average molecular weight is 347 g/mol. The number of nitrogens with two attached hydrogens (primary N) is 1. The van der Waals surface area contributed by atoms with Gasteiger partial charge in [0.15, 0.2) is 0 Å². The molecule has 0 amide bonds. The van der Waals surface area contributed by atoms with E-state index < -0.39 is 6.04 Å². The van der Waals surface area contributed by atoms with Crippen molar-refractivity contribution in [2.45, 2.75) is 71.6 Å². The van der Waals surface area contributed by atoms with Gasteiger partial charge in [0.05, 0.1) is 6.10 Å². The van der Waals surface area contributed by atoms with Gasteiger partial charge in [-0.3, -0.25) is 4.79 Å². The van der Waals surface area contributed by atoms with Crippen molar-refractivity contribution in [3.8, 4) is 0 Å². The van der Waals surface area contributed by atoms with Crippen molar-refractivity contribution < 1.29 is 14.3 Å². The van der Waals surface area contributed by atoms with Crippen LogP contribution in [-0.2, 0) is 20.7 Å². The molecule has 0 bridgehead atoms. The van der Waals surface area contributed by atoms with Crippen molar-refractivity contribution >= 4 is 5.97 Å². The van der Waals surface area contributed by atoms with Crippen LogP contribution in [0.2, 0.25) is 0 Å². The van der Waals surface area contributed by atoms with E-state index in [4.69, 9.17) is 15.2 Å². The molecular weight excluding hydrogens is 314 g/mol. The zero-order valence-corrected chi connectivity index (χ0v) is 16.0. The van der Waals surface area contributed by atoms with Crippen LogP contribution in [0.1, 0.15) is 51.2 Å². The number of ether oxygens (including phenoxy) is 2. The Morgan fingerprint density at radius 3 is 2.56 bits per heavy atom. The Bertz CT molecular complexity index is 541. The lowest BCUT2D eigenvalue weighted by Gasteiger charge is -2.32. The van der Waals surface area contributed by atoms with Gasteiger partial charge < -0.3 is 15.2 Å². The molecule has 1 heterocycles. The van der Waals surface area contributed by atoms with Gasteiger partial charge in [0.1, 0.15) is 12.1 Å². The lowest BCUT2D eigenvalue weighted by Crippen LogP contribution is -2.41. The number of carbonyl (C=O) groups excluding carboxylic acids is 1. The van der Waals surface area contributed by atoms with E-state index in [1.807, 2.05) is 6.92 Å². The highest BCUT2D eigenvalue weighted by atomic mass is 16.6. The zero-order valence-electron chi connectivity index (χ0n) is 16.0. The molecule has 4 nitrogen and oxygen atoms in total. The van der Waals surface area contributed by atoms with Gasteiger partial charge in [-0.25, -0.2) is 0 Å². The molecule has 2 N–H and O–H groups in total. The van der Waals surface area contributed by atoms with Gasteiger partial charge in [-0.15, -0.1) is 0 Å². The largest absolute Gasteiger partial charge is 0.459 e. The standard InChI is InChI=1S/C21H33NO3/c1-14(2)13-24-20-16(4)25-21(23)19(22)7-5-6-18(20)12-17-10-8-15(3)9-11-17/h8-11,14,16,18-20H,5-7,12-13,22H2,1-4H3/t16-,18+,19-,20-/m0/s1. The number of aryl methyl sites for hydroxylation is 1. The number of hydrogen-bond acceptors (Lipinski definition) is 4. The minimum Gasteiger partial charge on any atom is -0.459 e. The van der Waals surface area contributed by atoms with Crippen LogP contribution in [0, 0.1) is 18.8 Å². The van der Waals surface area contributed by atoms with Gasteiger partial charge in [-0.1, -0.05) is 50.1 Å². The third-order valence-corrected chi connectivity index (χ3v) is 4.86. The maximum atomic E-state index is 12.1. The Morgan fingerprint density at radius 1 is 1.24 bits per heavy atom. The summed E-state index contributed by atoms with van der Waals surface area (Å²) < 4.78 is 11.8. The van der Waals surface area contributed by atoms with Crippen LogP contribution in [0.25, 0.3) is 0 Å². The quantitative estimate of drug-likeness (QED) is 0.826.